The maximum atomic E-state index is 5.89. The minimum absolute atomic E-state index is 0.829. The Kier molecular flexibility index (Phi) is 2.23. The molecule has 0 aliphatic rings. The standard InChI is InChI=1S/C12H15N3/c1-8-10(5-4-6-12(8)13)11-7-14-15(3)9(11)2/h4-7H,13H2,1-3H3. The van der Waals surface area contributed by atoms with Gasteiger partial charge in [-0.25, -0.2) is 0 Å². The van der Waals surface area contributed by atoms with Crippen LogP contribution in [0.1, 0.15) is 11.3 Å². The summed E-state index contributed by atoms with van der Waals surface area (Å²) >= 11 is 0. The van der Waals surface area contributed by atoms with Gasteiger partial charge >= 0.3 is 0 Å². The quantitative estimate of drug-likeness (QED) is 0.719. The van der Waals surface area contributed by atoms with Crippen molar-refractivity contribution in [2.75, 3.05) is 5.73 Å². The summed E-state index contributed by atoms with van der Waals surface area (Å²) in [4.78, 5) is 0. The lowest BCUT2D eigenvalue weighted by Gasteiger charge is -2.07. The molecule has 0 aliphatic carbocycles. The van der Waals surface area contributed by atoms with Crippen LogP contribution in [0.15, 0.2) is 24.4 Å². The Bertz CT molecular complexity index is 498. The molecule has 0 bridgehead atoms. The molecule has 0 fully saturated rings. The predicted octanol–water partition coefficient (Wildman–Crippen LogP) is 2.29. The van der Waals surface area contributed by atoms with Gasteiger partial charge in [0.25, 0.3) is 0 Å². The first-order valence-electron chi connectivity index (χ1n) is 4.95. The first-order valence-corrected chi connectivity index (χ1v) is 4.95. The average molecular weight is 201 g/mol. The summed E-state index contributed by atoms with van der Waals surface area (Å²) in [6.07, 6.45) is 1.89. The molecule has 15 heavy (non-hydrogen) atoms. The third-order valence-electron chi connectivity index (χ3n) is 2.90. The molecular weight excluding hydrogens is 186 g/mol. The first-order chi connectivity index (χ1) is 7.11. The van der Waals surface area contributed by atoms with Crippen LogP contribution in [0.3, 0.4) is 0 Å². The van der Waals surface area contributed by atoms with E-state index >= 15 is 0 Å². The lowest BCUT2D eigenvalue weighted by Crippen LogP contribution is -1.95. The van der Waals surface area contributed by atoms with Crippen molar-refractivity contribution in [2.45, 2.75) is 13.8 Å². The Balaban J connectivity index is 2.64. The molecule has 3 nitrogen and oxygen atoms in total. The van der Waals surface area contributed by atoms with Crippen molar-refractivity contribution in [1.82, 2.24) is 9.78 Å². The van der Waals surface area contributed by atoms with E-state index in [2.05, 4.69) is 18.1 Å². The molecule has 0 aliphatic heterocycles. The minimum Gasteiger partial charge on any atom is -0.398 e. The second-order valence-corrected chi connectivity index (χ2v) is 3.79. The number of hydrogen-bond donors (Lipinski definition) is 1. The van der Waals surface area contributed by atoms with Gasteiger partial charge in [0.1, 0.15) is 0 Å². The van der Waals surface area contributed by atoms with Crippen LogP contribution in [0, 0.1) is 13.8 Å². The summed E-state index contributed by atoms with van der Waals surface area (Å²) in [5.74, 6) is 0. The number of hydrogen-bond acceptors (Lipinski definition) is 2. The number of rotatable bonds is 1. The Morgan fingerprint density at radius 2 is 1.93 bits per heavy atom. The zero-order chi connectivity index (χ0) is 11.0. The van der Waals surface area contributed by atoms with E-state index in [1.807, 2.05) is 37.0 Å². The molecule has 0 saturated heterocycles. The lowest BCUT2D eigenvalue weighted by atomic mass is 10.0. The minimum atomic E-state index is 0.829. The van der Waals surface area contributed by atoms with Gasteiger partial charge in [-0.3, -0.25) is 4.68 Å². The fourth-order valence-corrected chi connectivity index (χ4v) is 1.71. The zero-order valence-corrected chi connectivity index (χ0v) is 9.28. The molecule has 0 unspecified atom stereocenters. The number of aromatic nitrogens is 2. The lowest BCUT2D eigenvalue weighted by molar-refractivity contribution is 0.740. The van der Waals surface area contributed by atoms with E-state index in [1.165, 1.54) is 5.56 Å². The Labute approximate surface area is 89.5 Å². The zero-order valence-electron chi connectivity index (χ0n) is 9.28. The van der Waals surface area contributed by atoms with E-state index in [1.54, 1.807) is 0 Å². The summed E-state index contributed by atoms with van der Waals surface area (Å²) in [5.41, 5.74) is 11.3. The maximum Gasteiger partial charge on any atom is 0.0571 e. The summed E-state index contributed by atoms with van der Waals surface area (Å²) < 4.78 is 1.87. The molecule has 2 N–H and O–H groups in total. The van der Waals surface area contributed by atoms with Gasteiger partial charge < -0.3 is 5.73 Å². The molecule has 0 saturated carbocycles. The van der Waals surface area contributed by atoms with Crippen molar-refractivity contribution in [3.05, 3.63) is 35.7 Å². The van der Waals surface area contributed by atoms with E-state index < -0.39 is 0 Å². The summed E-state index contributed by atoms with van der Waals surface area (Å²) in [6, 6.07) is 5.98. The van der Waals surface area contributed by atoms with Crippen LogP contribution < -0.4 is 5.73 Å². The largest absolute Gasteiger partial charge is 0.398 e. The molecule has 1 aromatic carbocycles. The Hall–Kier alpha value is -1.77. The highest BCUT2D eigenvalue weighted by Gasteiger charge is 2.09. The maximum absolute atomic E-state index is 5.89. The van der Waals surface area contributed by atoms with Crippen molar-refractivity contribution in [3.8, 4) is 11.1 Å². The van der Waals surface area contributed by atoms with E-state index in [9.17, 15) is 0 Å². The van der Waals surface area contributed by atoms with Crippen LogP contribution in [-0.4, -0.2) is 9.78 Å². The van der Waals surface area contributed by atoms with E-state index in [0.29, 0.717) is 0 Å². The fraction of sp³-hybridized carbons (Fsp3) is 0.250. The first kappa shape index (κ1) is 9.77. The molecule has 2 rings (SSSR count). The van der Waals surface area contributed by atoms with Crippen molar-refractivity contribution in [2.24, 2.45) is 7.05 Å². The smallest absolute Gasteiger partial charge is 0.0571 e. The van der Waals surface area contributed by atoms with E-state index in [-0.39, 0.29) is 0 Å². The van der Waals surface area contributed by atoms with E-state index in [4.69, 9.17) is 5.73 Å². The third kappa shape index (κ3) is 1.50. The van der Waals surface area contributed by atoms with Gasteiger partial charge in [0.2, 0.25) is 0 Å². The van der Waals surface area contributed by atoms with Crippen LogP contribution in [0.5, 0.6) is 0 Å². The molecule has 0 radical (unpaired) electrons. The summed E-state index contributed by atoms with van der Waals surface area (Å²) in [7, 11) is 1.94. The van der Waals surface area contributed by atoms with Crippen molar-refractivity contribution >= 4 is 5.69 Å². The molecule has 2 aromatic rings. The van der Waals surface area contributed by atoms with Crippen LogP contribution in [0.25, 0.3) is 11.1 Å². The molecule has 1 heterocycles. The molecule has 0 amide bonds. The number of aryl methyl sites for hydroxylation is 1. The molecule has 3 heteroatoms. The highest BCUT2D eigenvalue weighted by atomic mass is 15.3. The SMILES string of the molecule is Cc1c(N)cccc1-c1cnn(C)c1C. The van der Waals surface area contributed by atoms with Crippen LogP contribution in [0.4, 0.5) is 5.69 Å². The van der Waals surface area contributed by atoms with Crippen molar-refractivity contribution in [3.63, 3.8) is 0 Å². The average Bonchev–Trinajstić information content (AvgIpc) is 2.53. The topological polar surface area (TPSA) is 43.8 Å². The predicted molar refractivity (Wildman–Crippen MR) is 62.5 cm³/mol. The van der Waals surface area contributed by atoms with Gasteiger partial charge in [0.15, 0.2) is 0 Å². The van der Waals surface area contributed by atoms with Gasteiger partial charge in [-0.1, -0.05) is 12.1 Å². The van der Waals surface area contributed by atoms with Gasteiger partial charge in [0, 0.05) is 24.0 Å². The van der Waals surface area contributed by atoms with Crippen LogP contribution in [0.2, 0.25) is 0 Å². The number of nitrogens with two attached hydrogens (primary N) is 1. The van der Waals surface area contributed by atoms with Gasteiger partial charge in [-0.05, 0) is 31.0 Å². The number of nitrogens with zero attached hydrogens (tertiary/aromatic N) is 2. The monoisotopic (exact) mass is 201 g/mol. The van der Waals surface area contributed by atoms with Gasteiger partial charge in [-0.2, -0.15) is 5.10 Å². The number of benzene rings is 1. The van der Waals surface area contributed by atoms with Crippen LogP contribution >= 0.6 is 0 Å². The van der Waals surface area contributed by atoms with Crippen molar-refractivity contribution in [1.29, 1.82) is 0 Å². The normalized spacial score (nSPS) is 10.6. The highest BCUT2D eigenvalue weighted by Crippen LogP contribution is 2.28. The van der Waals surface area contributed by atoms with E-state index in [0.717, 1.165) is 22.5 Å². The van der Waals surface area contributed by atoms with Crippen molar-refractivity contribution < 1.29 is 0 Å². The fourth-order valence-electron chi connectivity index (χ4n) is 1.71. The molecule has 1 aromatic heterocycles. The number of anilines is 1. The third-order valence-corrected chi connectivity index (χ3v) is 2.90. The van der Waals surface area contributed by atoms with Gasteiger partial charge in [-0.15, -0.1) is 0 Å². The molecule has 0 spiro atoms. The Morgan fingerprint density at radius 3 is 2.53 bits per heavy atom. The number of nitrogen functional groups attached to an aromatic ring is 1. The second kappa shape index (κ2) is 3.42. The summed E-state index contributed by atoms with van der Waals surface area (Å²) in [6.45, 7) is 4.10. The van der Waals surface area contributed by atoms with Gasteiger partial charge in [0.05, 0.1) is 6.20 Å². The molecular formula is C12H15N3. The molecule has 78 valence electrons. The second-order valence-electron chi connectivity index (χ2n) is 3.79. The highest BCUT2D eigenvalue weighted by molar-refractivity contribution is 5.73. The Morgan fingerprint density at radius 1 is 1.20 bits per heavy atom. The van der Waals surface area contributed by atoms with Crippen LogP contribution in [-0.2, 0) is 7.05 Å². The molecule has 0 atom stereocenters. The summed E-state index contributed by atoms with van der Waals surface area (Å²) in [5, 5.41) is 4.24.